The highest BCUT2D eigenvalue weighted by molar-refractivity contribution is 7.85. The quantitative estimate of drug-likeness (QED) is 0.663. The average molecular weight is 209 g/mol. The van der Waals surface area contributed by atoms with Crippen molar-refractivity contribution in [3.8, 4) is 0 Å². The van der Waals surface area contributed by atoms with Crippen LogP contribution in [0.4, 0.5) is 0 Å². The van der Waals surface area contributed by atoms with Crippen LogP contribution in [0.3, 0.4) is 0 Å². The number of nitrogens with zero attached hydrogens (tertiary/aromatic N) is 1. The van der Waals surface area contributed by atoms with E-state index in [4.69, 9.17) is 4.55 Å². The van der Waals surface area contributed by atoms with E-state index >= 15 is 0 Å². The van der Waals surface area contributed by atoms with Crippen molar-refractivity contribution >= 4 is 10.1 Å². The summed E-state index contributed by atoms with van der Waals surface area (Å²) in [6.45, 7) is 2.07. The second kappa shape index (κ2) is 5.57. The van der Waals surface area contributed by atoms with Crippen LogP contribution in [0.5, 0.6) is 0 Å². The summed E-state index contributed by atoms with van der Waals surface area (Å²) in [5.74, 6) is -0.128. The first kappa shape index (κ1) is 12.9. The Labute approximate surface area is 80.7 Å². The average Bonchev–Trinajstić information content (AvgIpc) is 1.95. The Morgan fingerprint density at radius 3 is 2.23 bits per heavy atom. The minimum atomic E-state index is -3.77. The molecule has 0 bridgehead atoms. The Balaban J connectivity index is 3.74. The molecule has 0 rings (SSSR count). The van der Waals surface area contributed by atoms with E-state index in [0.29, 0.717) is 12.5 Å². The van der Waals surface area contributed by atoms with Gasteiger partial charge in [-0.1, -0.05) is 6.92 Å². The molecule has 0 saturated carbocycles. The molecule has 0 fully saturated rings. The maximum atomic E-state index is 10.4. The van der Waals surface area contributed by atoms with Crippen molar-refractivity contribution in [3.05, 3.63) is 0 Å². The third kappa shape index (κ3) is 6.98. The van der Waals surface area contributed by atoms with Crippen LogP contribution < -0.4 is 0 Å². The van der Waals surface area contributed by atoms with Crippen molar-refractivity contribution in [2.75, 3.05) is 19.8 Å². The number of hydrogen-bond donors (Lipinski definition) is 1. The van der Waals surface area contributed by atoms with Crippen LogP contribution in [0.15, 0.2) is 0 Å². The lowest BCUT2D eigenvalue weighted by atomic mass is 10.1. The van der Waals surface area contributed by atoms with Crippen molar-refractivity contribution < 1.29 is 13.0 Å². The summed E-state index contributed by atoms with van der Waals surface area (Å²) in [6, 6.07) is 0.404. The second-order valence-electron chi connectivity index (χ2n) is 3.45. The Hall–Kier alpha value is -0.130. The lowest BCUT2D eigenvalue weighted by Gasteiger charge is -2.22. The molecule has 0 radical (unpaired) electrons. The molecule has 0 spiro atoms. The highest BCUT2D eigenvalue weighted by Gasteiger charge is 2.10. The SMILES string of the molecule is CCC(CCCS(=O)(=O)O)N(C)C. The number of rotatable bonds is 6. The summed E-state index contributed by atoms with van der Waals surface area (Å²) in [7, 11) is 0.175. The van der Waals surface area contributed by atoms with E-state index in [9.17, 15) is 8.42 Å². The fourth-order valence-corrected chi connectivity index (χ4v) is 1.86. The molecular formula is C8H19NO3S. The van der Waals surface area contributed by atoms with Gasteiger partial charge < -0.3 is 4.90 Å². The van der Waals surface area contributed by atoms with Gasteiger partial charge in [0.1, 0.15) is 0 Å². The summed E-state index contributed by atoms with van der Waals surface area (Å²) in [6.07, 6.45) is 2.33. The largest absolute Gasteiger partial charge is 0.306 e. The molecule has 0 aromatic heterocycles. The van der Waals surface area contributed by atoms with Crippen LogP contribution in [0.25, 0.3) is 0 Å². The van der Waals surface area contributed by atoms with Gasteiger partial charge in [-0.3, -0.25) is 4.55 Å². The van der Waals surface area contributed by atoms with Crippen LogP contribution in [0.2, 0.25) is 0 Å². The molecule has 80 valence electrons. The predicted octanol–water partition coefficient (Wildman–Crippen LogP) is 0.995. The fraction of sp³-hybridized carbons (Fsp3) is 1.00. The first-order valence-electron chi connectivity index (χ1n) is 4.48. The van der Waals surface area contributed by atoms with Crippen molar-refractivity contribution in [1.82, 2.24) is 4.90 Å². The molecule has 13 heavy (non-hydrogen) atoms. The summed E-state index contributed by atoms with van der Waals surface area (Å²) >= 11 is 0. The maximum absolute atomic E-state index is 10.4. The highest BCUT2D eigenvalue weighted by atomic mass is 32.2. The molecule has 1 unspecified atom stereocenters. The van der Waals surface area contributed by atoms with Crippen molar-refractivity contribution in [3.63, 3.8) is 0 Å². The first-order valence-corrected chi connectivity index (χ1v) is 6.09. The van der Waals surface area contributed by atoms with Crippen molar-refractivity contribution in [1.29, 1.82) is 0 Å². The van der Waals surface area contributed by atoms with Gasteiger partial charge in [0.2, 0.25) is 0 Å². The summed E-state index contributed by atoms with van der Waals surface area (Å²) < 4.78 is 29.3. The standard InChI is InChI=1S/C8H19NO3S/c1-4-8(9(2)3)6-5-7-13(10,11)12/h8H,4-7H2,1-3H3,(H,10,11,12). The molecule has 0 amide bonds. The molecule has 1 N–H and O–H groups in total. The molecule has 0 aromatic carbocycles. The van der Waals surface area contributed by atoms with E-state index in [1.807, 2.05) is 14.1 Å². The van der Waals surface area contributed by atoms with E-state index in [1.165, 1.54) is 0 Å². The smallest absolute Gasteiger partial charge is 0.264 e. The lowest BCUT2D eigenvalue weighted by Crippen LogP contribution is -2.27. The summed E-state index contributed by atoms with van der Waals surface area (Å²) in [5, 5.41) is 0. The molecule has 5 heteroatoms. The van der Waals surface area contributed by atoms with E-state index in [-0.39, 0.29) is 5.75 Å². The van der Waals surface area contributed by atoms with Gasteiger partial charge in [0, 0.05) is 6.04 Å². The van der Waals surface area contributed by atoms with Gasteiger partial charge in [-0.05, 0) is 33.4 Å². The molecule has 0 aliphatic heterocycles. The van der Waals surface area contributed by atoms with Gasteiger partial charge in [-0.25, -0.2) is 0 Å². The molecule has 0 aromatic rings. The normalized spacial score (nSPS) is 14.8. The van der Waals surface area contributed by atoms with Crippen LogP contribution in [0, 0.1) is 0 Å². The van der Waals surface area contributed by atoms with Crippen molar-refractivity contribution in [2.45, 2.75) is 32.2 Å². The van der Waals surface area contributed by atoms with Gasteiger partial charge in [-0.2, -0.15) is 8.42 Å². The monoisotopic (exact) mass is 209 g/mol. The molecule has 0 heterocycles. The maximum Gasteiger partial charge on any atom is 0.264 e. The Morgan fingerprint density at radius 2 is 1.92 bits per heavy atom. The minimum absolute atomic E-state index is 0.128. The molecule has 0 aliphatic carbocycles. The lowest BCUT2D eigenvalue weighted by molar-refractivity contribution is 0.269. The van der Waals surface area contributed by atoms with Gasteiger partial charge in [-0.15, -0.1) is 0 Å². The van der Waals surface area contributed by atoms with Crippen LogP contribution in [0.1, 0.15) is 26.2 Å². The molecule has 1 atom stereocenters. The highest BCUT2D eigenvalue weighted by Crippen LogP contribution is 2.07. The van der Waals surface area contributed by atoms with Gasteiger partial charge in [0.05, 0.1) is 5.75 Å². The van der Waals surface area contributed by atoms with E-state index in [2.05, 4.69) is 11.8 Å². The Kier molecular flexibility index (Phi) is 5.51. The Morgan fingerprint density at radius 1 is 1.38 bits per heavy atom. The molecule has 0 aliphatic rings. The zero-order chi connectivity index (χ0) is 10.5. The van der Waals surface area contributed by atoms with E-state index < -0.39 is 10.1 Å². The van der Waals surface area contributed by atoms with Crippen LogP contribution in [-0.2, 0) is 10.1 Å². The second-order valence-corrected chi connectivity index (χ2v) is 5.03. The predicted molar refractivity (Wildman–Crippen MR) is 53.4 cm³/mol. The van der Waals surface area contributed by atoms with Crippen LogP contribution in [-0.4, -0.2) is 43.8 Å². The van der Waals surface area contributed by atoms with Crippen LogP contribution >= 0.6 is 0 Å². The van der Waals surface area contributed by atoms with Gasteiger partial charge in [0.25, 0.3) is 10.1 Å². The molecule has 4 nitrogen and oxygen atoms in total. The minimum Gasteiger partial charge on any atom is -0.306 e. The fourth-order valence-electron chi connectivity index (χ4n) is 1.33. The summed E-state index contributed by atoms with van der Waals surface area (Å²) in [5.41, 5.74) is 0. The third-order valence-corrected chi connectivity index (χ3v) is 2.95. The van der Waals surface area contributed by atoms with E-state index in [1.54, 1.807) is 0 Å². The summed E-state index contributed by atoms with van der Waals surface area (Å²) in [4.78, 5) is 2.07. The third-order valence-electron chi connectivity index (χ3n) is 2.14. The molecule has 0 saturated heterocycles. The Bertz CT molecular complexity index is 224. The van der Waals surface area contributed by atoms with Crippen molar-refractivity contribution in [2.24, 2.45) is 0 Å². The van der Waals surface area contributed by atoms with Gasteiger partial charge in [0.15, 0.2) is 0 Å². The zero-order valence-corrected chi connectivity index (χ0v) is 9.34. The molecular weight excluding hydrogens is 190 g/mol. The van der Waals surface area contributed by atoms with E-state index in [0.717, 1.165) is 12.8 Å². The van der Waals surface area contributed by atoms with Gasteiger partial charge >= 0.3 is 0 Å². The number of hydrogen-bond acceptors (Lipinski definition) is 3. The topological polar surface area (TPSA) is 57.6 Å². The zero-order valence-electron chi connectivity index (χ0n) is 8.52. The first-order chi connectivity index (χ1) is 5.87.